The standard InChI is InChI=1S/C35H47N9O3/c1-42-18-13-35(14-19-42)22-44(23-35)27-9-16-43(17-10-27)26-7-5-24(6-8-26)38-34-31(32(36)45)40-30(29-28(46-2)4-3-15-37-29)33(41-34)39-25-11-20-47-21-12-25/h3-8,15,25,27H,9-14,16-23H2,1-2H3,(H2,36,45)(H2,38,39,41). The van der Waals surface area contributed by atoms with E-state index in [4.69, 9.17) is 25.2 Å². The molecule has 0 aliphatic carbocycles. The molecule has 1 amide bonds. The van der Waals surface area contributed by atoms with Gasteiger partial charge in [-0.05, 0) is 100 Å². The lowest BCUT2D eigenvalue weighted by molar-refractivity contribution is -0.0704. The molecule has 1 aromatic carbocycles. The van der Waals surface area contributed by atoms with Crippen molar-refractivity contribution in [1.29, 1.82) is 0 Å². The number of hydrogen-bond acceptors (Lipinski definition) is 11. The second kappa shape index (κ2) is 13.6. The highest BCUT2D eigenvalue weighted by atomic mass is 16.5. The zero-order valence-corrected chi connectivity index (χ0v) is 27.6. The molecular formula is C35H47N9O3. The average molecular weight is 642 g/mol. The SMILES string of the molecule is COc1cccnc1-c1nc(C(N)=O)c(Nc2ccc(N3CCC(N4CC5(CCN(C)CC5)C4)CC3)cc2)nc1NC1CCOCC1. The molecule has 250 valence electrons. The number of likely N-dealkylation sites (tertiary alicyclic amines) is 2. The largest absolute Gasteiger partial charge is 0.494 e. The van der Waals surface area contributed by atoms with Crippen molar-refractivity contribution in [1.82, 2.24) is 24.8 Å². The summed E-state index contributed by atoms with van der Waals surface area (Å²) >= 11 is 0. The summed E-state index contributed by atoms with van der Waals surface area (Å²) < 4.78 is 11.1. The Kier molecular flexibility index (Phi) is 9.15. The summed E-state index contributed by atoms with van der Waals surface area (Å²) in [4.78, 5) is 34.5. The predicted molar refractivity (Wildman–Crippen MR) is 183 cm³/mol. The highest BCUT2D eigenvalue weighted by Crippen LogP contribution is 2.42. The molecule has 4 N–H and O–H groups in total. The monoisotopic (exact) mass is 641 g/mol. The van der Waals surface area contributed by atoms with Crippen LogP contribution in [0.1, 0.15) is 49.0 Å². The van der Waals surface area contributed by atoms with Gasteiger partial charge in [-0.25, -0.2) is 9.97 Å². The van der Waals surface area contributed by atoms with E-state index in [0.717, 1.165) is 31.6 Å². The summed E-state index contributed by atoms with van der Waals surface area (Å²) in [6.45, 7) is 8.50. The number of nitrogens with zero attached hydrogens (tertiary/aromatic N) is 6. The number of amides is 1. The van der Waals surface area contributed by atoms with Crippen LogP contribution in [0.4, 0.5) is 23.0 Å². The van der Waals surface area contributed by atoms with Crippen molar-refractivity contribution in [2.24, 2.45) is 11.1 Å². The molecule has 12 nitrogen and oxygen atoms in total. The summed E-state index contributed by atoms with van der Waals surface area (Å²) in [5.74, 6) is 0.636. The first kappa shape index (κ1) is 31.6. The summed E-state index contributed by atoms with van der Waals surface area (Å²) in [6.07, 6.45) is 8.42. The van der Waals surface area contributed by atoms with Crippen molar-refractivity contribution in [3.05, 3.63) is 48.3 Å². The first-order valence-corrected chi connectivity index (χ1v) is 17.0. The molecule has 6 heterocycles. The van der Waals surface area contributed by atoms with Crippen LogP contribution in [-0.2, 0) is 4.74 Å². The average Bonchev–Trinajstić information content (AvgIpc) is 3.09. The van der Waals surface area contributed by atoms with Gasteiger partial charge < -0.3 is 35.6 Å². The number of ether oxygens (including phenoxy) is 2. The van der Waals surface area contributed by atoms with E-state index >= 15 is 0 Å². The predicted octanol–water partition coefficient (Wildman–Crippen LogP) is 3.98. The van der Waals surface area contributed by atoms with Gasteiger partial charge in [-0.2, -0.15) is 0 Å². The van der Waals surface area contributed by atoms with E-state index in [-0.39, 0.29) is 17.6 Å². The van der Waals surface area contributed by atoms with Crippen LogP contribution < -0.4 is 26.0 Å². The molecule has 4 aliphatic rings. The van der Waals surface area contributed by atoms with Crippen LogP contribution in [0, 0.1) is 5.41 Å². The molecule has 2 aromatic heterocycles. The van der Waals surface area contributed by atoms with Gasteiger partial charge >= 0.3 is 0 Å². The first-order valence-electron chi connectivity index (χ1n) is 17.0. The third-order valence-electron chi connectivity index (χ3n) is 10.5. The van der Waals surface area contributed by atoms with Gasteiger partial charge in [0.2, 0.25) is 0 Å². The zero-order chi connectivity index (χ0) is 32.4. The number of rotatable bonds is 9. The molecule has 4 aliphatic heterocycles. The van der Waals surface area contributed by atoms with Crippen LogP contribution in [0.5, 0.6) is 5.75 Å². The fourth-order valence-corrected chi connectivity index (χ4v) is 7.59. The van der Waals surface area contributed by atoms with Gasteiger partial charge in [0.05, 0.1) is 7.11 Å². The van der Waals surface area contributed by atoms with E-state index in [1.165, 1.54) is 57.5 Å². The summed E-state index contributed by atoms with van der Waals surface area (Å²) in [5.41, 5.74) is 9.35. The molecule has 0 saturated carbocycles. The third kappa shape index (κ3) is 6.86. The summed E-state index contributed by atoms with van der Waals surface area (Å²) in [6, 6.07) is 12.7. The number of pyridine rings is 1. The molecule has 4 saturated heterocycles. The Hall–Kier alpha value is -4.00. The molecule has 4 fully saturated rings. The Morgan fingerprint density at radius 2 is 1.68 bits per heavy atom. The molecule has 47 heavy (non-hydrogen) atoms. The Bertz CT molecular complexity index is 1540. The molecule has 7 rings (SSSR count). The molecule has 0 atom stereocenters. The number of primary amides is 1. The second-order valence-corrected chi connectivity index (χ2v) is 13.7. The molecular weight excluding hydrogens is 594 g/mol. The molecule has 1 spiro atoms. The lowest BCUT2D eigenvalue weighted by Crippen LogP contribution is -2.63. The topological polar surface area (TPSA) is 134 Å². The van der Waals surface area contributed by atoms with E-state index < -0.39 is 5.91 Å². The van der Waals surface area contributed by atoms with Crippen LogP contribution in [0.2, 0.25) is 0 Å². The fourth-order valence-electron chi connectivity index (χ4n) is 7.59. The van der Waals surface area contributed by atoms with Gasteiger partial charge in [0.1, 0.15) is 17.1 Å². The Morgan fingerprint density at radius 3 is 2.36 bits per heavy atom. The Balaban J connectivity index is 1.05. The minimum absolute atomic E-state index is 0.0319. The quantitative estimate of drug-likeness (QED) is 0.313. The normalized spacial score (nSPS) is 20.9. The second-order valence-electron chi connectivity index (χ2n) is 13.7. The van der Waals surface area contributed by atoms with Crippen molar-refractivity contribution >= 4 is 28.9 Å². The number of carbonyl (C=O) groups excluding carboxylic acids is 1. The number of piperidine rings is 2. The lowest BCUT2D eigenvalue weighted by atomic mass is 9.71. The van der Waals surface area contributed by atoms with Gasteiger partial charge in [-0.3, -0.25) is 14.7 Å². The van der Waals surface area contributed by atoms with E-state index in [2.05, 4.69) is 49.5 Å². The third-order valence-corrected chi connectivity index (χ3v) is 10.5. The number of anilines is 4. The van der Waals surface area contributed by atoms with E-state index in [9.17, 15) is 4.79 Å². The first-order chi connectivity index (χ1) is 22.9. The lowest BCUT2D eigenvalue weighted by Gasteiger charge is -2.57. The van der Waals surface area contributed by atoms with Crippen LogP contribution in [0.15, 0.2) is 42.6 Å². The fraction of sp³-hybridized carbons (Fsp3) is 0.543. The van der Waals surface area contributed by atoms with Crippen molar-refractivity contribution in [2.75, 3.05) is 82.2 Å². The van der Waals surface area contributed by atoms with Crippen LogP contribution in [0.3, 0.4) is 0 Å². The molecule has 12 heteroatoms. The van der Waals surface area contributed by atoms with Gasteiger partial charge in [-0.15, -0.1) is 0 Å². The van der Waals surface area contributed by atoms with Crippen LogP contribution >= 0.6 is 0 Å². The van der Waals surface area contributed by atoms with Crippen molar-refractivity contribution in [3.8, 4) is 17.1 Å². The number of nitrogens with one attached hydrogen (secondary N) is 2. The number of nitrogens with two attached hydrogens (primary N) is 1. The number of methoxy groups -OCH3 is 1. The number of aromatic nitrogens is 3. The maximum absolute atomic E-state index is 12.7. The van der Waals surface area contributed by atoms with Crippen molar-refractivity contribution < 1.29 is 14.3 Å². The number of benzene rings is 1. The minimum Gasteiger partial charge on any atom is -0.494 e. The zero-order valence-electron chi connectivity index (χ0n) is 27.6. The Labute approximate surface area is 277 Å². The summed E-state index contributed by atoms with van der Waals surface area (Å²) in [7, 11) is 3.82. The number of carbonyl (C=O) groups is 1. The highest BCUT2D eigenvalue weighted by Gasteiger charge is 2.46. The maximum atomic E-state index is 12.7. The number of hydrogen-bond donors (Lipinski definition) is 3. The summed E-state index contributed by atoms with van der Waals surface area (Å²) in [5, 5.41) is 6.85. The van der Waals surface area contributed by atoms with Gasteiger partial charge in [0, 0.05) is 69.0 Å². The van der Waals surface area contributed by atoms with E-state index in [1.54, 1.807) is 25.4 Å². The van der Waals surface area contributed by atoms with Crippen molar-refractivity contribution in [3.63, 3.8) is 0 Å². The minimum atomic E-state index is -0.683. The Morgan fingerprint density at radius 1 is 0.957 bits per heavy atom. The van der Waals surface area contributed by atoms with Crippen LogP contribution in [0.25, 0.3) is 11.4 Å². The van der Waals surface area contributed by atoms with Crippen LogP contribution in [-0.4, -0.2) is 109 Å². The molecule has 0 bridgehead atoms. The molecule has 0 unspecified atom stereocenters. The van der Waals surface area contributed by atoms with E-state index in [0.29, 0.717) is 47.6 Å². The van der Waals surface area contributed by atoms with Gasteiger partial charge in [0.15, 0.2) is 17.3 Å². The van der Waals surface area contributed by atoms with Crippen molar-refractivity contribution in [2.45, 2.75) is 50.6 Å². The van der Waals surface area contributed by atoms with E-state index in [1.807, 2.05) is 12.1 Å². The smallest absolute Gasteiger partial charge is 0.271 e. The van der Waals surface area contributed by atoms with Gasteiger partial charge in [-0.1, -0.05) is 0 Å². The highest BCUT2D eigenvalue weighted by molar-refractivity contribution is 5.97. The van der Waals surface area contributed by atoms with Gasteiger partial charge in [0.25, 0.3) is 5.91 Å². The maximum Gasteiger partial charge on any atom is 0.271 e. The molecule has 0 radical (unpaired) electrons. The molecule has 3 aromatic rings.